The van der Waals surface area contributed by atoms with Crippen LogP contribution in [0.1, 0.15) is 21.7 Å². The lowest BCUT2D eigenvalue weighted by molar-refractivity contribution is 0.102. The molecule has 0 unspecified atom stereocenters. The molecule has 122 valence electrons. The van der Waals surface area contributed by atoms with Gasteiger partial charge in [-0.2, -0.15) is 0 Å². The van der Waals surface area contributed by atoms with Crippen LogP contribution in [0, 0.1) is 13.8 Å². The van der Waals surface area contributed by atoms with Gasteiger partial charge in [0.2, 0.25) is 0 Å². The minimum atomic E-state index is -0.211. The molecule has 0 spiro atoms. The Balaban J connectivity index is 1.90. The number of rotatable bonds is 3. The second-order valence-corrected chi connectivity index (χ2v) is 6.29. The molecule has 2 aromatic carbocycles. The maximum atomic E-state index is 12.5. The molecule has 0 bridgehead atoms. The third-order valence-corrected chi connectivity index (χ3v) is 4.50. The van der Waals surface area contributed by atoms with Gasteiger partial charge >= 0.3 is 0 Å². The van der Waals surface area contributed by atoms with Crippen molar-refractivity contribution < 1.29 is 9.21 Å². The number of aryl methyl sites for hydroxylation is 2. The molecule has 0 radical (unpaired) electrons. The Bertz CT molecular complexity index is 915. The van der Waals surface area contributed by atoms with E-state index in [1.807, 2.05) is 31.2 Å². The number of para-hydroxylation sites is 1. The number of furan rings is 1. The van der Waals surface area contributed by atoms with E-state index >= 15 is 0 Å². The molecule has 0 aliphatic rings. The highest BCUT2D eigenvalue weighted by molar-refractivity contribution is 6.42. The third-order valence-electron chi connectivity index (χ3n) is 3.76. The molecule has 3 rings (SSSR count). The molecule has 1 aromatic heterocycles. The zero-order valence-corrected chi connectivity index (χ0v) is 14.7. The van der Waals surface area contributed by atoms with Crippen LogP contribution >= 0.6 is 23.2 Å². The predicted molar refractivity (Wildman–Crippen MR) is 98.0 cm³/mol. The van der Waals surface area contributed by atoms with Gasteiger partial charge in [0.1, 0.15) is 11.5 Å². The van der Waals surface area contributed by atoms with E-state index in [0.29, 0.717) is 27.1 Å². The van der Waals surface area contributed by atoms with Crippen LogP contribution in [-0.4, -0.2) is 5.91 Å². The summed E-state index contributed by atoms with van der Waals surface area (Å²) in [6.07, 6.45) is 0. The molecule has 0 saturated carbocycles. The molecule has 3 nitrogen and oxygen atoms in total. The summed E-state index contributed by atoms with van der Waals surface area (Å²) in [5.74, 6) is 0.903. The number of halogens is 2. The Hall–Kier alpha value is -2.23. The summed E-state index contributed by atoms with van der Waals surface area (Å²) < 4.78 is 5.72. The fourth-order valence-corrected chi connectivity index (χ4v) is 2.70. The van der Waals surface area contributed by atoms with Crippen LogP contribution in [0.4, 0.5) is 5.69 Å². The molecule has 1 heterocycles. The highest BCUT2D eigenvalue weighted by atomic mass is 35.5. The van der Waals surface area contributed by atoms with Crippen molar-refractivity contribution >= 4 is 34.8 Å². The topological polar surface area (TPSA) is 42.2 Å². The van der Waals surface area contributed by atoms with Gasteiger partial charge in [0.15, 0.2) is 0 Å². The number of nitrogens with one attached hydrogen (secondary N) is 1. The molecule has 0 atom stereocenters. The average Bonchev–Trinajstić information content (AvgIpc) is 2.94. The SMILES string of the molecule is Cc1ccccc1NC(=O)c1cc(-c2ccc(Cl)c(Cl)c2)oc1C. The quantitative estimate of drug-likeness (QED) is 0.611. The molecule has 1 amide bonds. The Labute approximate surface area is 150 Å². The van der Waals surface area contributed by atoms with Crippen molar-refractivity contribution in [2.45, 2.75) is 13.8 Å². The zero-order chi connectivity index (χ0) is 17.3. The van der Waals surface area contributed by atoms with Gasteiger partial charge in [-0.1, -0.05) is 41.4 Å². The first-order chi connectivity index (χ1) is 11.5. The fourth-order valence-electron chi connectivity index (χ4n) is 2.40. The van der Waals surface area contributed by atoms with E-state index in [1.54, 1.807) is 31.2 Å². The Kier molecular flexibility index (Phi) is 4.65. The zero-order valence-electron chi connectivity index (χ0n) is 13.2. The van der Waals surface area contributed by atoms with Gasteiger partial charge in [-0.25, -0.2) is 0 Å². The normalized spacial score (nSPS) is 10.7. The summed E-state index contributed by atoms with van der Waals surface area (Å²) in [6.45, 7) is 3.70. The van der Waals surface area contributed by atoms with Gasteiger partial charge < -0.3 is 9.73 Å². The largest absolute Gasteiger partial charge is 0.461 e. The highest BCUT2D eigenvalue weighted by Gasteiger charge is 2.17. The van der Waals surface area contributed by atoms with Gasteiger partial charge in [-0.15, -0.1) is 0 Å². The molecule has 5 heteroatoms. The van der Waals surface area contributed by atoms with E-state index in [1.165, 1.54) is 0 Å². The third kappa shape index (κ3) is 3.32. The highest BCUT2D eigenvalue weighted by Crippen LogP contribution is 2.31. The van der Waals surface area contributed by atoms with E-state index < -0.39 is 0 Å². The van der Waals surface area contributed by atoms with Crippen molar-refractivity contribution in [3.63, 3.8) is 0 Å². The molecule has 3 aromatic rings. The van der Waals surface area contributed by atoms with Gasteiger partial charge in [0.05, 0.1) is 15.6 Å². The number of anilines is 1. The number of benzene rings is 2. The van der Waals surface area contributed by atoms with Crippen molar-refractivity contribution in [1.82, 2.24) is 0 Å². The first-order valence-corrected chi connectivity index (χ1v) is 8.14. The van der Waals surface area contributed by atoms with Crippen molar-refractivity contribution in [2.24, 2.45) is 0 Å². The summed E-state index contributed by atoms with van der Waals surface area (Å²) >= 11 is 12.0. The van der Waals surface area contributed by atoms with Crippen molar-refractivity contribution in [3.05, 3.63) is 75.5 Å². The van der Waals surface area contributed by atoms with Crippen LogP contribution in [0.2, 0.25) is 10.0 Å². The Morgan fingerprint density at radius 2 is 1.75 bits per heavy atom. The van der Waals surface area contributed by atoms with Gasteiger partial charge in [0, 0.05) is 11.3 Å². The molecular weight excluding hydrogens is 345 g/mol. The summed E-state index contributed by atoms with van der Waals surface area (Å²) in [6, 6.07) is 14.5. The van der Waals surface area contributed by atoms with Crippen LogP contribution in [0.15, 0.2) is 52.9 Å². The number of carbonyl (C=O) groups is 1. The van der Waals surface area contributed by atoms with Gasteiger partial charge in [0.25, 0.3) is 5.91 Å². The van der Waals surface area contributed by atoms with Crippen LogP contribution in [0.3, 0.4) is 0 Å². The molecule has 0 fully saturated rings. The van der Waals surface area contributed by atoms with Crippen LogP contribution in [0.5, 0.6) is 0 Å². The second-order valence-electron chi connectivity index (χ2n) is 5.48. The summed E-state index contributed by atoms with van der Waals surface area (Å²) in [5, 5.41) is 3.82. The predicted octanol–water partition coefficient (Wildman–Crippen LogP) is 6.12. The van der Waals surface area contributed by atoms with E-state index in [4.69, 9.17) is 27.6 Å². The average molecular weight is 360 g/mol. The van der Waals surface area contributed by atoms with Crippen molar-refractivity contribution in [2.75, 3.05) is 5.32 Å². The summed E-state index contributed by atoms with van der Waals surface area (Å²) in [7, 11) is 0. The number of hydrogen-bond donors (Lipinski definition) is 1. The van der Waals surface area contributed by atoms with E-state index in [9.17, 15) is 4.79 Å². The van der Waals surface area contributed by atoms with Gasteiger partial charge in [-0.3, -0.25) is 4.79 Å². The van der Waals surface area contributed by atoms with E-state index in [0.717, 1.165) is 16.8 Å². The molecular formula is C19H15Cl2NO2. The minimum Gasteiger partial charge on any atom is -0.461 e. The molecule has 0 aliphatic carbocycles. The number of carbonyl (C=O) groups excluding carboxylic acids is 1. The molecule has 0 saturated heterocycles. The van der Waals surface area contributed by atoms with Crippen LogP contribution in [-0.2, 0) is 0 Å². The van der Waals surface area contributed by atoms with Crippen molar-refractivity contribution in [3.8, 4) is 11.3 Å². The fraction of sp³-hybridized carbons (Fsp3) is 0.105. The molecule has 0 aliphatic heterocycles. The lowest BCUT2D eigenvalue weighted by atomic mass is 10.1. The lowest BCUT2D eigenvalue weighted by Crippen LogP contribution is -2.12. The van der Waals surface area contributed by atoms with Crippen molar-refractivity contribution in [1.29, 1.82) is 0 Å². The van der Waals surface area contributed by atoms with Gasteiger partial charge in [-0.05, 0) is 49.7 Å². The first-order valence-electron chi connectivity index (χ1n) is 7.38. The first kappa shape index (κ1) is 16.6. The summed E-state index contributed by atoms with van der Waals surface area (Å²) in [5.41, 5.74) is 3.03. The smallest absolute Gasteiger partial charge is 0.259 e. The van der Waals surface area contributed by atoms with E-state index in [-0.39, 0.29) is 5.91 Å². The lowest BCUT2D eigenvalue weighted by Gasteiger charge is -2.06. The maximum Gasteiger partial charge on any atom is 0.259 e. The molecule has 1 N–H and O–H groups in total. The Morgan fingerprint density at radius 1 is 1.00 bits per heavy atom. The Morgan fingerprint density at radius 3 is 2.46 bits per heavy atom. The minimum absolute atomic E-state index is 0.211. The number of hydrogen-bond acceptors (Lipinski definition) is 2. The maximum absolute atomic E-state index is 12.5. The molecule has 24 heavy (non-hydrogen) atoms. The second kappa shape index (κ2) is 6.71. The summed E-state index contributed by atoms with van der Waals surface area (Å²) in [4.78, 5) is 12.5. The number of amides is 1. The standard InChI is InChI=1S/C19H15Cl2NO2/c1-11-5-3-4-6-17(11)22-19(23)14-10-18(24-12(14)2)13-7-8-15(20)16(21)9-13/h3-10H,1-2H3,(H,22,23). The van der Waals surface area contributed by atoms with Crippen LogP contribution in [0.25, 0.3) is 11.3 Å². The monoisotopic (exact) mass is 359 g/mol. The van der Waals surface area contributed by atoms with E-state index in [2.05, 4.69) is 5.32 Å². The van der Waals surface area contributed by atoms with Crippen LogP contribution < -0.4 is 5.32 Å².